The normalized spacial score (nSPS) is 11.0. The Kier molecular flexibility index (Phi) is 5.30. The van der Waals surface area contributed by atoms with Crippen molar-refractivity contribution in [2.24, 2.45) is 0 Å². The molecule has 0 unspecified atom stereocenters. The van der Waals surface area contributed by atoms with E-state index in [1.54, 1.807) is 24.3 Å². The fourth-order valence-corrected chi connectivity index (χ4v) is 3.73. The predicted octanol–water partition coefficient (Wildman–Crippen LogP) is 1.86. The highest BCUT2D eigenvalue weighted by atomic mass is 32.2. The standard InChI is InChI=1S/C16H16N2O5S/c1-17-16(19)10-12-6-8-13(9-7-12)11-24(22,23)15-5-3-2-4-14(15)18(20)21/h2-9H,10-11H2,1H3,(H,17,19). The van der Waals surface area contributed by atoms with Crippen molar-refractivity contribution in [3.05, 3.63) is 69.8 Å². The van der Waals surface area contributed by atoms with Crippen LogP contribution in [0.1, 0.15) is 11.1 Å². The number of nitro groups is 1. The maximum Gasteiger partial charge on any atom is 0.287 e. The molecule has 0 bridgehead atoms. The monoisotopic (exact) mass is 348 g/mol. The Morgan fingerprint density at radius 2 is 1.67 bits per heavy atom. The number of likely N-dealkylation sites (N-methyl/N-ethyl adjacent to an activating group) is 1. The molecule has 0 radical (unpaired) electrons. The lowest BCUT2D eigenvalue weighted by atomic mass is 10.1. The quantitative estimate of drug-likeness (QED) is 0.633. The van der Waals surface area contributed by atoms with Gasteiger partial charge in [0.05, 0.1) is 17.1 Å². The molecule has 2 aromatic rings. The third-order valence-electron chi connectivity index (χ3n) is 3.42. The molecule has 0 saturated carbocycles. The summed E-state index contributed by atoms with van der Waals surface area (Å²) in [6, 6.07) is 11.8. The van der Waals surface area contributed by atoms with E-state index in [4.69, 9.17) is 0 Å². The Labute approximate surface area is 139 Å². The van der Waals surface area contributed by atoms with E-state index < -0.39 is 20.4 Å². The van der Waals surface area contributed by atoms with Gasteiger partial charge in [-0.25, -0.2) is 8.42 Å². The molecule has 0 saturated heterocycles. The van der Waals surface area contributed by atoms with E-state index in [9.17, 15) is 23.3 Å². The second kappa shape index (κ2) is 7.22. The van der Waals surface area contributed by atoms with Crippen LogP contribution >= 0.6 is 0 Å². The van der Waals surface area contributed by atoms with Crippen LogP contribution in [0.5, 0.6) is 0 Å². The van der Waals surface area contributed by atoms with Gasteiger partial charge >= 0.3 is 0 Å². The number of sulfone groups is 1. The number of amides is 1. The predicted molar refractivity (Wildman–Crippen MR) is 88.2 cm³/mol. The van der Waals surface area contributed by atoms with E-state index >= 15 is 0 Å². The smallest absolute Gasteiger partial charge is 0.287 e. The minimum absolute atomic E-state index is 0.143. The van der Waals surface area contributed by atoms with Gasteiger partial charge in [-0.3, -0.25) is 14.9 Å². The van der Waals surface area contributed by atoms with Crippen LogP contribution in [0, 0.1) is 10.1 Å². The molecule has 1 amide bonds. The summed E-state index contributed by atoms with van der Waals surface area (Å²) in [5, 5.41) is 13.5. The molecule has 24 heavy (non-hydrogen) atoms. The van der Waals surface area contributed by atoms with Crippen molar-refractivity contribution in [3.8, 4) is 0 Å². The van der Waals surface area contributed by atoms with Gasteiger partial charge in [-0.2, -0.15) is 0 Å². The van der Waals surface area contributed by atoms with E-state index in [1.165, 1.54) is 31.3 Å². The average molecular weight is 348 g/mol. The fourth-order valence-electron chi connectivity index (χ4n) is 2.20. The molecule has 2 aromatic carbocycles. The summed E-state index contributed by atoms with van der Waals surface area (Å²) in [6.07, 6.45) is 0.202. The summed E-state index contributed by atoms with van der Waals surface area (Å²) in [6.45, 7) is 0. The summed E-state index contributed by atoms with van der Waals surface area (Å²) in [5.41, 5.74) is 0.809. The number of hydrogen-bond donors (Lipinski definition) is 1. The minimum atomic E-state index is -3.85. The summed E-state index contributed by atoms with van der Waals surface area (Å²) < 4.78 is 24.9. The second-order valence-corrected chi connectivity index (χ2v) is 7.11. The van der Waals surface area contributed by atoms with E-state index in [1.807, 2.05) is 0 Å². The van der Waals surface area contributed by atoms with Crippen LogP contribution in [0.25, 0.3) is 0 Å². The zero-order valence-electron chi connectivity index (χ0n) is 12.9. The first-order valence-electron chi connectivity index (χ1n) is 7.08. The first-order chi connectivity index (χ1) is 11.3. The van der Waals surface area contributed by atoms with E-state index in [2.05, 4.69) is 5.32 Å². The molecule has 126 valence electrons. The number of benzene rings is 2. The van der Waals surface area contributed by atoms with E-state index in [0.29, 0.717) is 5.56 Å². The first-order valence-corrected chi connectivity index (χ1v) is 8.73. The van der Waals surface area contributed by atoms with Crippen molar-refractivity contribution in [2.45, 2.75) is 17.1 Å². The van der Waals surface area contributed by atoms with Crippen LogP contribution in [0.15, 0.2) is 53.4 Å². The van der Waals surface area contributed by atoms with Gasteiger partial charge in [0, 0.05) is 13.1 Å². The minimum Gasteiger partial charge on any atom is -0.359 e. The molecule has 0 atom stereocenters. The fraction of sp³-hybridized carbons (Fsp3) is 0.188. The van der Waals surface area contributed by atoms with Crippen LogP contribution < -0.4 is 5.32 Å². The van der Waals surface area contributed by atoms with E-state index in [0.717, 1.165) is 5.56 Å². The number of hydrogen-bond acceptors (Lipinski definition) is 5. The molecule has 1 N–H and O–H groups in total. The molecular weight excluding hydrogens is 332 g/mol. The SMILES string of the molecule is CNC(=O)Cc1ccc(CS(=O)(=O)c2ccccc2[N+](=O)[O-])cc1. The molecule has 8 heteroatoms. The third-order valence-corrected chi connectivity index (χ3v) is 5.15. The van der Waals surface area contributed by atoms with Gasteiger partial charge < -0.3 is 5.32 Å². The number of carbonyl (C=O) groups excluding carboxylic acids is 1. The Hall–Kier alpha value is -2.74. The first kappa shape index (κ1) is 17.6. The highest BCUT2D eigenvalue weighted by Gasteiger charge is 2.25. The van der Waals surface area contributed by atoms with Crippen molar-refractivity contribution >= 4 is 21.4 Å². The molecule has 0 aliphatic carbocycles. The van der Waals surface area contributed by atoms with Crippen molar-refractivity contribution in [3.63, 3.8) is 0 Å². The van der Waals surface area contributed by atoms with Crippen LogP contribution in [-0.2, 0) is 26.8 Å². The van der Waals surface area contributed by atoms with Gasteiger partial charge in [0.15, 0.2) is 9.84 Å². The van der Waals surface area contributed by atoms with Crippen molar-refractivity contribution < 1.29 is 18.1 Å². The number of nitrogens with one attached hydrogen (secondary N) is 1. The number of para-hydroxylation sites is 1. The molecule has 0 heterocycles. The summed E-state index contributed by atoms with van der Waals surface area (Å²) in [4.78, 5) is 21.3. The highest BCUT2D eigenvalue weighted by molar-refractivity contribution is 7.90. The molecule has 7 nitrogen and oxygen atoms in total. The molecule has 0 aliphatic rings. The zero-order valence-corrected chi connectivity index (χ0v) is 13.7. The van der Waals surface area contributed by atoms with Crippen molar-refractivity contribution in [2.75, 3.05) is 7.05 Å². The van der Waals surface area contributed by atoms with Gasteiger partial charge in [0.1, 0.15) is 4.90 Å². The number of rotatable bonds is 6. The Morgan fingerprint density at radius 3 is 2.25 bits per heavy atom. The molecule has 0 spiro atoms. The van der Waals surface area contributed by atoms with Crippen LogP contribution in [0.2, 0.25) is 0 Å². The Morgan fingerprint density at radius 1 is 1.08 bits per heavy atom. The highest BCUT2D eigenvalue weighted by Crippen LogP contribution is 2.26. The van der Waals surface area contributed by atoms with Crippen LogP contribution in [0.3, 0.4) is 0 Å². The summed E-state index contributed by atoms with van der Waals surface area (Å²) in [7, 11) is -2.31. The summed E-state index contributed by atoms with van der Waals surface area (Å²) >= 11 is 0. The lowest BCUT2D eigenvalue weighted by Crippen LogP contribution is -2.19. The zero-order chi connectivity index (χ0) is 17.7. The number of nitrogens with zero attached hydrogens (tertiary/aromatic N) is 1. The second-order valence-electron chi connectivity index (χ2n) is 5.15. The van der Waals surface area contributed by atoms with Gasteiger partial charge in [-0.15, -0.1) is 0 Å². The lowest BCUT2D eigenvalue weighted by Gasteiger charge is -2.07. The van der Waals surface area contributed by atoms with Crippen LogP contribution in [0.4, 0.5) is 5.69 Å². The van der Waals surface area contributed by atoms with Crippen molar-refractivity contribution in [1.29, 1.82) is 0 Å². The van der Waals surface area contributed by atoms with Gasteiger partial charge in [-0.05, 0) is 17.2 Å². The average Bonchev–Trinajstić information content (AvgIpc) is 2.56. The third kappa shape index (κ3) is 4.17. The number of nitro benzene ring substituents is 1. The largest absolute Gasteiger partial charge is 0.359 e. The molecule has 0 aromatic heterocycles. The number of carbonyl (C=O) groups is 1. The van der Waals surface area contributed by atoms with E-state index in [-0.39, 0.29) is 23.0 Å². The molecule has 0 aliphatic heterocycles. The Balaban J connectivity index is 2.24. The van der Waals surface area contributed by atoms with Gasteiger partial charge in [0.25, 0.3) is 5.69 Å². The van der Waals surface area contributed by atoms with Crippen molar-refractivity contribution in [1.82, 2.24) is 5.32 Å². The molecule has 2 rings (SSSR count). The van der Waals surface area contributed by atoms with Gasteiger partial charge in [0.2, 0.25) is 5.91 Å². The van der Waals surface area contributed by atoms with Crippen LogP contribution in [-0.4, -0.2) is 26.3 Å². The lowest BCUT2D eigenvalue weighted by molar-refractivity contribution is -0.387. The summed E-state index contributed by atoms with van der Waals surface area (Å²) in [5.74, 6) is -0.492. The molecule has 0 fully saturated rings. The molecular formula is C16H16N2O5S. The van der Waals surface area contributed by atoms with Gasteiger partial charge in [-0.1, -0.05) is 36.4 Å². The Bertz CT molecular complexity index is 860. The maximum atomic E-state index is 12.5. The topological polar surface area (TPSA) is 106 Å². The maximum absolute atomic E-state index is 12.5.